The maximum absolute atomic E-state index is 11.5. The van der Waals surface area contributed by atoms with Crippen LogP contribution in [0, 0.1) is 11.8 Å². The number of hydrogen-bond donors (Lipinski definition) is 1. The molecule has 0 aromatic carbocycles. The molecule has 1 aliphatic heterocycles. The lowest BCUT2D eigenvalue weighted by atomic mass is 9.90. The summed E-state index contributed by atoms with van der Waals surface area (Å²) in [4.78, 5) is 0. The summed E-state index contributed by atoms with van der Waals surface area (Å²) < 4.78 is 24.5. The Hall–Kier alpha value is -0.130. The summed E-state index contributed by atoms with van der Waals surface area (Å²) in [5.41, 5.74) is 0. The molecule has 0 saturated carbocycles. The number of piperidine rings is 1. The molecule has 1 aliphatic rings. The summed E-state index contributed by atoms with van der Waals surface area (Å²) in [5, 5.41) is 3.17. The van der Waals surface area contributed by atoms with E-state index < -0.39 is 10.0 Å². The van der Waals surface area contributed by atoms with E-state index in [1.54, 1.807) is 4.31 Å². The van der Waals surface area contributed by atoms with Gasteiger partial charge in [-0.3, -0.25) is 0 Å². The first-order valence-corrected chi connectivity index (χ1v) is 7.88. The number of rotatable bonds is 5. The van der Waals surface area contributed by atoms with Crippen LogP contribution in [0.2, 0.25) is 0 Å². The highest BCUT2D eigenvalue weighted by atomic mass is 32.2. The molecule has 1 saturated heterocycles. The molecule has 5 heteroatoms. The quantitative estimate of drug-likeness (QED) is 0.786. The van der Waals surface area contributed by atoms with E-state index in [0.29, 0.717) is 24.9 Å². The van der Waals surface area contributed by atoms with Gasteiger partial charge in [0.1, 0.15) is 0 Å². The van der Waals surface area contributed by atoms with Crippen LogP contribution in [0.1, 0.15) is 26.2 Å². The smallest absolute Gasteiger partial charge is 0.211 e. The van der Waals surface area contributed by atoms with Gasteiger partial charge in [0.05, 0.1) is 6.26 Å². The van der Waals surface area contributed by atoms with Crippen molar-refractivity contribution in [1.82, 2.24) is 9.62 Å². The van der Waals surface area contributed by atoms with Crippen LogP contribution in [-0.4, -0.2) is 45.7 Å². The molecule has 0 amide bonds. The van der Waals surface area contributed by atoms with Crippen molar-refractivity contribution >= 4 is 10.0 Å². The van der Waals surface area contributed by atoms with E-state index in [4.69, 9.17) is 0 Å². The molecule has 2 unspecified atom stereocenters. The monoisotopic (exact) mass is 248 g/mol. The molecule has 4 nitrogen and oxygen atoms in total. The zero-order valence-corrected chi connectivity index (χ0v) is 11.4. The second-order valence-corrected chi connectivity index (χ2v) is 7.01. The first-order valence-electron chi connectivity index (χ1n) is 6.03. The summed E-state index contributed by atoms with van der Waals surface area (Å²) in [5.74, 6) is 1.15. The third-order valence-corrected chi connectivity index (χ3v) is 4.51. The zero-order chi connectivity index (χ0) is 12.2. The number of nitrogens with zero attached hydrogens (tertiary/aromatic N) is 1. The molecule has 1 fully saturated rings. The molecule has 96 valence electrons. The highest BCUT2D eigenvalue weighted by molar-refractivity contribution is 7.88. The van der Waals surface area contributed by atoms with Crippen molar-refractivity contribution in [2.24, 2.45) is 11.8 Å². The van der Waals surface area contributed by atoms with E-state index in [0.717, 1.165) is 19.4 Å². The van der Waals surface area contributed by atoms with E-state index >= 15 is 0 Å². The Labute approximate surface area is 99.5 Å². The predicted octanol–water partition coefficient (Wildman–Crippen LogP) is 0.904. The standard InChI is InChI=1S/C11H24N2O2S/c1-10(8-12-2)7-11-5-4-6-13(9-11)16(3,14)15/h10-12H,4-9H2,1-3H3. The van der Waals surface area contributed by atoms with Gasteiger partial charge in [0.25, 0.3) is 0 Å². The molecule has 0 aliphatic carbocycles. The maximum Gasteiger partial charge on any atom is 0.211 e. The van der Waals surface area contributed by atoms with Crippen LogP contribution in [0.3, 0.4) is 0 Å². The Morgan fingerprint density at radius 1 is 1.50 bits per heavy atom. The van der Waals surface area contributed by atoms with Crippen LogP contribution >= 0.6 is 0 Å². The van der Waals surface area contributed by atoms with E-state index in [1.165, 1.54) is 12.7 Å². The van der Waals surface area contributed by atoms with Crippen LogP contribution in [0.15, 0.2) is 0 Å². The van der Waals surface area contributed by atoms with Gasteiger partial charge in [0.15, 0.2) is 0 Å². The summed E-state index contributed by atoms with van der Waals surface area (Å²) in [6.45, 7) is 4.65. The lowest BCUT2D eigenvalue weighted by Gasteiger charge is -2.32. The Bertz CT molecular complexity index is 303. The minimum atomic E-state index is -2.99. The molecule has 1 N–H and O–H groups in total. The van der Waals surface area contributed by atoms with E-state index in [2.05, 4.69) is 12.2 Å². The van der Waals surface area contributed by atoms with Gasteiger partial charge >= 0.3 is 0 Å². The van der Waals surface area contributed by atoms with Gasteiger partial charge in [0, 0.05) is 13.1 Å². The molecule has 2 atom stereocenters. The topological polar surface area (TPSA) is 49.4 Å². The van der Waals surface area contributed by atoms with Crippen molar-refractivity contribution in [3.63, 3.8) is 0 Å². The van der Waals surface area contributed by atoms with Crippen LogP contribution in [-0.2, 0) is 10.0 Å². The Kier molecular flexibility index (Phi) is 5.21. The highest BCUT2D eigenvalue weighted by Crippen LogP contribution is 2.24. The van der Waals surface area contributed by atoms with E-state index in [9.17, 15) is 8.42 Å². The SMILES string of the molecule is CNCC(C)CC1CCCN(S(C)(=O)=O)C1. The van der Waals surface area contributed by atoms with Crippen LogP contribution < -0.4 is 5.32 Å². The fourth-order valence-electron chi connectivity index (χ4n) is 2.52. The molecule has 0 bridgehead atoms. The Morgan fingerprint density at radius 3 is 2.75 bits per heavy atom. The van der Waals surface area contributed by atoms with Crippen molar-refractivity contribution in [3.05, 3.63) is 0 Å². The van der Waals surface area contributed by atoms with Crippen LogP contribution in [0.4, 0.5) is 0 Å². The van der Waals surface area contributed by atoms with Gasteiger partial charge in [-0.15, -0.1) is 0 Å². The lowest BCUT2D eigenvalue weighted by Crippen LogP contribution is -2.40. The second-order valence-electron chi connectivity index (χ2n) is 5.03. The average Bonchev–Trinajstić information content (AvgIpc) is 2.17. The Morgan fingerprint density at radius 2 is 2.19 bits per heavy atom. The summed E-state index contributed by atoms with van der Waals surface area (Å²) >= 11 is 0. The lowest BCUT2D eigenvalue weighted by molar-refractivity contribution is 0.234. The zero-order valence-electron chi connectivity index (χ0n) is 10.6. The summed E-state index contributed by atoms with van der Waals surface area (Å²) in [6.07, 6.45) is 4.60. The highest BCUT2D eigenvalue weighted by Gasteiger charge is 2.26. The third kappa shape index (κ3) is 4.39. The molecule has 0 aromatic rings. The fourth-order valence-corrected chi connectivity index (χ4v) is 3.46. The summed E-state index contributed by atoms with van der Waals surface area (Å²) in [7, 11) is -1.03. The maximum atomic E-state index is 11.5. The number of hydrogen-bond acceptors (Lipinski definition) is 3. The molecular weight excluding hydrogens is 224 g/mol. The first-order chi connectivity index (χ1) is 7.43. The molecule has 0 spiro atoms. The largest absolute Gasteiger partial charge is 0.319 e. The normalized spacial score (nSPS) is 25.6. The van der Waals surface area contributed by atoms with Gasteiger partial charge in [-0.2, -0.15) is 0 Å². The average molecular weight is 248 g/mol. The number of sulfonamides is 1. The van der Waals surface area contributed by atoms with Crippen molar-refractivity contribution in [2.75, 3.05) is 32.9 Å². The third-order valence-electron chi connectivity index (χ3n) is 3.24. The molecule has 1 rings (SSSR count). The van der Waals surface area contributed by atoms with Gasteiger partial charge in [0.2, 0.25) is 10.0 Å². The fraction of sp³-hybridized carbons (Fsp3) is 1.00. The van der Waals surface area contributed by atoms with E-state index in [-0.39, 0.29) is 0 Å². The van der Waals surface area contributed by atoms with Gasteiger partial charge in [-0.1, -0.05) is 6.92 Å². The molecule has 0 aromatic heterocycles. The van der Waals surface area contributed by atoms with Gasteiger partial charge in [-0.05, 0) is 44.7 Å². The van der Waals surface area contributed by atoms with Gasteiger partial charge in [-0.25, -0.2) is 12.7 Å². The Balaban J connectivity index is 2.45. The minimum Gasteiger partial charge on any atom is -0.319 e. The molecule has 16 heavy (non-hydrogen) atoms. The summed E-state index contributed by atoms with van der Waals surface area (Å²) in [6, 6.07) is 0. The first kappa shape index (κ1) is 13.9. The molecular formula is C11H24N2O2S. The van der Waals surface area contributed by atoms with Crippen LogP contribution in [0.5, 0.6) is 0 Å². The second kappa shape index (κ2) is 5.98. The number of nitrogens with one attached hydrogen (secondary N) is 1. The van der Waals surface area contributed by atoms with Gasteiger partial charge < -0.3 is 5.32 Å². The van der Waals surface area contributed by atoms with Crippen molar-refractivity contribution in [3.8, 4) is 0 Å². The minimum absolute atomic E-state index is 0.534. The van der Waals surface area contributed by atoms with Crippen molar-refractivity contribution < 1.29 is 8.42 Å². The van der Waals surface area contributed by atoms with E-state index in [1.807, 2.05) is 7.05 Å². The predicted molar refractivity (Wildman–Crippen MR) is 66.8 cm³/mol. The molecule has 1 heterocycles. The van der Waals surface area contributed by atoms with Crippen molar-refractivity contribution in [2.45, 2.75) is 26.2 Å². The van der Waals surface area contributed by atoms with Crippen LogP contribution in [0.25, 0.3) is 0 Å². The molecule has 0 radical (unpaired) electrons. The van der Waals surface area contributed by atoms with Crippen molar-refractivity contribution in [1.29, 1.82) is 0 Å².